The first-order valence-electron chi connectivity index (χ1n) is 11.2. The Morgan fingerprint density at radius 2 is 2.03 bits per heavy atom. The van der Waals surface area contributed by atoms with E-state index in [4.69, 9.17) is 4.74 Å². The lowest BCUT2D eigenvalue weighted by Gasteiger charge is -2.21. The van der Waals surface area contributed by atoms with E-state index in [1.54, 1.807) is 6.92 Å². The van der Waals surface area contributed by atoms with E-state index >= 15 is 0 Å². The third-order valence-corrected chi connectivity index (χ3v) is 6.66. The van der Waals surface area contributed by atoms with E-state index in [1.807, 2.05) is 18.4 Å². The van der Waals surface area contributed by atoms with Crippen molar-refractivity contribution in [1.29, 1.82) is 0 Å². The SMILES string of the molecule is CCCCn1c(-c2csc(C(=O)OCC)n2)cc(C(=O)NCC2CCCCC2)c1C. The van der Waals surface area contributed by atoms with Gasteiger partial charge >= 0.3 is 5.97 Å². The van der Waals surface area contributed by atoms with Crippen LogP contribution in [0.1, 0.15) is 84.6 Å². The van der Waals surface area contributed by atoms with Gasteiger partial charge in [-0.2, -0.15) is 0 Å². The lowest BCUT2D eigenvalue weighted by molar-refractivity contribution is 0.0526. The number of esters is 1. The minimum absolute atomic E-state index is 0.0181. The van der Waals surface area contributed by atoms with Crippen LogP contribution in [-0.2, 0) is 11.3 Å². The molecule has 0 saturated heterocycles. The van der Waals surface area contributed by atoms with Gasteiger partial charge in [-0.05, 0) is 45.1 Å². The van der Waals surface area contributed by atoms with Crippen LogP contribution in [-0.4, -0.2) is 34.6 Å². The highest BCUT2D eigenvalue weighted by Crippen LogP contribution is 2.29. The number of aromatic nitrogens is 2. The number of rotatable bonds is 9. The van der Waals surface area contributed by atoms with Gasteiger partial charge in [0.05, 0.1) is 23.6 Å². The van der Waals surface area contributed by atoms with Crippen LogP contribution >= 0.6 is 11.3 Å². The van der Waals surface area contributed by atoms with E-state index in [0.29, 0.717) is 28.8 Å². The highest BCUT2D eigenvalue weighted by atomic mass is 32.1. The van der Waals surface area contributed by atoms with E-state index in [9.17, 15) is 9.59 Å². The van der Waals surface area contributed by atoms with Crippen LogP contribution in [0.5, 0.6) is 0 Å². The van der Waals surface area contributed by atoms with Crippen molar-refractivity contribution in [3.8, 4) is 11.4 Å². The topological polar surface area (TPSA) is 73.2 Å². The molecule has 0 spiro atoms. The van der Waals surface area contributed by atoms with Crippen molar-refractivity contribution in [3.05, 3.63) is 27.7 Å². The minimum Gasteiger partial charge on any atom is -0.461 e. The molecular formula is C23H33N3O3S. The summed E-state index contributed by atoms with van der Waals surface area (Å²) in [4.78, 5) is 29.5. The first-order chi connectivity index (χ1) is 14.5. The van der Waals surface area contributed by atoms with Gasteiger partial charge in [-0.25, -0.2) is 9.78 Å². The second kappa shape index (κ2) is 10.8. The van der Waals surface area contributed by atoms with Crippen molar-refractivity contribution in [3.63, 3.8) is 0 Å². The van der Waals surface area contributed by atoms with Crippen LogP contribution < -0.4 is 5.32 Å². The number of ether oxygens (including phenoxy) is 1. The molecule has 0 radical (unpaired) electrons. The number of carbonyl (C=O) groups excluding carboxylic acids is 2. The Labute approximate surface area is 183 Å². The highest BCUT2D eigenvalue weighted by molar-refractivity contribution is 7.11. The summed E-state index contributed by atoms with van der Waals surface area (Å²) < 4.78 is 7.22. The van der Waals surface area contributed by atoms with Crippen molar-refractivity contribution < 1.29 is 14.3 Å². The molecule has 6 nitrogen and oxygen atoms in total. The highest BCUT2D eigenvalue weighted by Gasteiger charge is 2.22. The van der Waals surface area contributed by atoms with Gasteiger partial charge in [0.15, 0.2) is 0 Å². The van der Waals surface area contributed by atoms with Crippen molar-refractivity contribution in [2.45, 2.75) is 72.3 Å². The Morgan fingerprint density at radius 1 is 1.27 bits per heavy atom. The van der Waals surface area contributed by atoms with Crippen LogP contribution in [0.4, 0.5) is 0 Å². The summed E-state index contributed by atoms with van der Waals surface area (Å²) in [5.74, 6) is 0.174. The second-order valence-corrected chi connectivity index (χ2v) is 8.86. The Balaban J connectivity index is 1.82. The Bertz CT molecular complexity index is 865. The predicted octanol–water partition coefficient (Wildman–Crippen LogP) is 5.21. The van der Waals surface area contributed by atoms with Crippen LogP contribution in [0.25, 0.3) is 11.4 Å². The number of hydrogen-bond donors (Lipinski definition) is 1. The van der Waals surface area contributed by atoms with Crippen LogP contribution in [0, 0.1) is 12.8 Å². The van der Waals surface area contributed by atoms with Crippen molar-refractivity contribution in [2.75, 3.05) is 13.2 Å². The summed E-state index contributed by atoms with van der Waals surface area (Å²) in [6.45, 7) is 7.82. The minimum atomic E-state index is -0.400. The Morgan fingerprint density at radius 3 is 2.73 bits per heavy atom. The fraction of sp³-hybridized carbons (Fsp3) is 0.609. The Kier molecular flexibility index (Phi) is 8.08. The molecule has 1 aliphatic carbocycles. The maximum atomic E-state index is 13.0. The summed E-state index contributed by atoms with van der Waals surface area (Å²) in [5.41, 5.74) is 3.25. The van der Waals surface area contributed by atoms with Gasteiger partial charge in [0.2, 0.25) is 5.01 Å². The van der Waals surface area contributed by atoms with Gasteiger partial charge in [0, 0.05) is 24.2 Å². The zero-order chi connectivity index (χ0) is 21.5. The van der Waals surface area contributed by atoms with Gasteiger partial charge in [-0.15, -0.1) is 11.3 Å². The number of thiazole rings is 1. The van der Waals surface area contributed by atoms with E-state index in [1.165, 1.54) is 43.4 Å². The Hall–Kier alpha value is -2.15. The summed E-state index contributed by atoms with van der Waals surface area (Å²) in [6, 6.07) is 1.92. The molecule has 0 unspecified atom stereocenters. The molecule has 0 aromatic carbocycles. The van der Waals surface area contributed by atoms with Crippen LogP contribution in [0.2, 0.25) is 0 Å². The zero-order valence-electron chi connectivity index (χ0n) is 18.3. The number of amides is 1. The molecule has 164 valence electrons. The number of unbranched alkanes of at least 4 members (excludes halogenated alkanes) is 1. The molecule has 1 fully saturated rings. The molecule has 3 rings (SSSR count). The number of hydrogen-bond acceptors (Lipinski definition) is 5. The van der Waals surface area contributed by atoms with Crippen LogP contribution in [0.3, 0.4) is 0 Å². The lowest BCUT2D eigenvalue weighted by atomic mass is 9.89. The van der Waals surface area contributed by atoms with Gasteiger partial charge in [0.25, 0.3) is 5.91 Å². The molecule has 0 aliphatic heterocycles. The monoisotopic (exact) mass is 431 g/mol. The summed E-state index contributed by atoms with van der Waals surface area (Å²) in [6.07, 6.45) is 8.34. The van der Waals surface area contributed by atoms with Gasteiger partial charge in [0.1, 0.15) is 0 Å². The van der Waals surface area contributed by atoms with E-state index < -0.39 is 5.97 Å². The number of nitrogens with one attached hydrogen (secondary N) is 1. The zero-order valence-corrected chi connectivity index (χ0v) is 19.1. The predicted molar refractivity (Wildman–Crippen MR) is 120 cm³/mol. The molecule has 1 amide bonds. The maximum absolute atomic E-state index is 13.0. The number of carbonyl (C=O) groups is 2. The fourth-order valence-electron chi connectivity index (χ4n) is 4.09. The van der Waals surface area contributed by atoms with Crippen molar-refractivity contribution >= 4 is 23.2 Å². The molecule has 7 heteroatoms. The first kappa shape index (κ1) is 22.5. The van der Waals surface area contributed by atoms with Gasteiger partial charge in [-0.3, -0.25) is 4.79 Å². The molecule has 0 bridgehead atoms. The summed E-state index contributed by atoms with van der Waals surface area (Å²) in [7, 11) is 0. The molecule has 0 atom stereocenters. The average molecular weight is 432 g/mol. The fourth-order valence-corrected chi connectivity index (χ4v) is 4.80. The molecule has 2 heterocycles. The third-order valence-electron chi connectivity index (χ3n) is 5.84. The van der Waals surface area contributed by atoms with E-state index in [0.717, 1.165) is 37.3 Å². The average Bonchev–Trinajstić information content (AvgIpc) is 3.36. The van der Waals surface area contributed by atoms with Crippen LogP contribution in [0.15, 0.2) is 11.4 Å². The van der Waals surface area contributed by atoms with Gasteiger partial charge in [-0.1, -0.05) is 32.6 Å². The lowest BCUT2D eigenvalue weighted by Crippen LogP contribution is -2.30. The molecule has 1 aliphatic rings. The molecule has 1 saturated carbocycles. The quantitative estimate of drug-likeness (QED) is 0.553. The van der Waals surface area contributed by atoms with E-state index in [2.05, 4.69) is 21.8 Å². The summed E-state index contributed by atoms with van der Waals surface area (Å²) >= 11 is 1.28. The standard InChI is InChI=1S/C23H33N3O3S/c1-4-6-12-26-16(3)18(21(27)24-14-17-10-8-7-9-11-17)13-20(26)19-15-30-22(25-19)23(28)29-5-2/h13,15,17H,4-12,14H2,1-3H3,(H,24,27). The third kappa shape index (κ3) is 5.31. The molecule has 2 aromatic heterocycles. The second-order valence-electron chi connectivity index (χ2n) is 8.01. The molecule has 1 N–H and O–H groups in total. The molecule has 30 heavy (non-hydrogen) atoms. The maximum Gasteiger partial charge on any atom is 0.367 e. The van der Waals surface area contributed by atoms with Gasteiger partial charge < -0.3 is 14.6 Å². The summed E-state index contributed by atoms with van der Waals surface area (Å²) in [5, 5.41) is 5.37. The van der Waals surface area contributed by atoms with E-state index in [-0.39, 0.29) is 5.91 Å². The number of nitrogens with zero attached hydrogens (tertiary/aromatic N) is 2. The van der Waals surface area contributed by atoms with Crippen molar-refractivity contribution in [1.82, 2.24) is 14.9 Å². The smallest absolute Gasteiger partial charge is 0.367 e. The van der Waals surface area contributed by atoms with Crippen molar-refractivity contribution in [2.24, 2.45) is 5.92 Å². The molecular weight excluding hydrogens is 398 g/mol. The first-order valence-corrected chi connectivity index (χ1v) is 12.0. The normalized spacial score (nSPS) is 14.6. The largest absolute Gasteiger partial charge is 0.461 e. The molecule has 2 aromatic rings.